The number of hydrogen-bond acceptors (Lipinski definition) is 6. The van der Waals surface area contributed by atoms with Crippen molar-refractivity contribution in [1.29, 1.82) is 5.26 Å². The highest BCUT2D eigenvalue weighted by Crippen LogP contribution is 2.51. The first-order valence-corrected chi connectivity index (χ1v) is 10.0. The number of aryl methyl sites for hydroxylation is 2. The molecule has 0 aromatic carbocycles. The molecule has 2 aromatic rings. The van der Waals surface area contributed by atoms with Crippen molar-refractivity contribution in [3.63, 3.8) is 0 Å². The quantitative estimate of drug-likeness (QED) is 0.872. The van der Waals surface area contributed by atoms with Gasteiger partial charge in [0.15, 0.2) is 0 Å². The van der Waals surface area contributed by atoms with Crippen LogP contribution in [0.1, 0.15) is 72.8 Å². The Morgan fingerprint density at radius 1 is 1.11 bits per heavy atom. The number of nitriles is 1. The summed E-state index contributed by atoms with van der Waals surface area (Å²) in [5.74, 6) is 1.07. The minimum atomic E-state index is 0.325. The van der Waals surface area contributed by atoms with E-state index in [1.807, 2.05) is 13.8 Å². The zero-order chi connectivity index (χ0) is 18.7. The third-order valence-electron chi connectivity index (χ3n) is 6.80. The molecule has 3 aliphatic rings. The summed E-state index contributed by atoms with van der Waals surface area (Å²) in [6.07, 6.45) is 8.48. The molecule has 2 aliphatic heterocycles. The molecular weight excluding hydrogens is 338 g/mol. The predicted octanol–water partition coefficient (Wildman–Crippen LogP) is 3.81. The van der Waals surface area contributed by atoms with Crippen molar-refractivity contribution in [2.24, 2.45) is 0 Å². The first-order chi connectivity index (χ1) is 13.1. The van der Waals surface area contributed by atoms with Crippen LogP contribution in [-0.2, 0) is 6.42 Å². The molecule has 6 nitrogen and oxygen atoms in total. The summed E-state index contributed by atoms with van der Waals surface area (Å²) in [5.41, 5.74) is 11.6. The minimum absolute atomic E-state index is 0.325. The van der Waals surface area contributed by atoms with Crippen LogP contribution in [0.15, 0.2) is 4.52 Å². The van der Waals surface area contributed by atoms with E-state index in [9.17, 15) is 5.26 Å². The molecule has 0 amide bonds. The van der Waals surface area contributed by atoms with Crippen LogP contribution in [-0.4, -0.2) is 27.1 Å². The fourth-order valence-electron chi connectivity index (χ4n) is 5.78. The van der Waals surface area contributed by atoms with Gasteiger partial charge in [-0.3, -0.25) is 4.90 Å². The number of aromatic nitrogens is 2. The number of pyridine rings is 1. The topological polar surface area (TPSA) is 92.0 Å². The maximum absolute atomic E-state index is 9.89. The van der Waals surface area contributed by atoms with E-state index in [4.69, 9.17) is 15.2 Å². The van der Waals surface area contributed by atoms with Crippen LogP contribution < -0.4 is 5.73 Å². The zero-order valence-corrected chi connectivity index (χ0v) is 16.0. The van der Waals surface area contributed by atoms with Gasteiger partial charge in [-0.1, -0.05) is 18.0 Å². The van der Waals surface area contributed by atoms with Gasteiger partial charge in [0.1, 0.15) is 23.2 Å². The van der Waals surface area contributed by atoms with E-state index in [0.717, 1.165) is 41.1 Å². The maximum atomic E-state index is 9.89. The Balaban J connectivity index is 1.76. The van der Waals surface area contributed by atoms with E-state index in [2.05, 4.69) is 16.1 Å². The molecule has 140 valence electrons. The van der Waals surface area contributed by atoms with Gasteiger partial charge in [-0.15, -0.1) is 0 Å². The lowest BCUT2D eigenvalue weighted by Gasteiger charge is -2.41. The van der Waals surface area contributed by atoms with Gasteiger partial charge in [0, 0.05) is 46.9 Å². The number of nitrogens with two attached hydrogens (primary N) is 1. The number of hydrogen-bond donors (Lipinski definition) is 1. The Hall–Kier alpha value is -2.39. The van der Waals surface area contributed by atoms with Crippen molar-refractivity contribution in [2.75, 3.05) is 5.73 Å². The standard InChI is InChI=1S/C21H25N5O/c1-11-18(12(2)27-25-11)19-15(10-22)21(23)24-16-9-14-7-8-17(20(16)19)26(14)13-5-3-4-6-13/h13-14,17H,3-9H2,1-2H3,(H2,23,24)/t14-,17+/m0/s1. The highest BCUT2D eigenvalue weighted by atomic mass is 16.5. The molecule has 1 saturated carbocycles. The van der Waals surface area contributed by atoms with E-state index >= 15 is 0 Å². The van der Waals surface area contributed by atoms with Crippen LogP contribution in [0.25, 0.3) is 11.1 Å². The van der Waals surface area contributed by atoms with Crippen molar-refractivity contribution in [2.45, 2.75) is 76.9 Å². The van der Waals surface area contributed by atoms with Gasteiger partial charge in [-0.05, 0) is 39.5 Å². The second-order valence-electron chi connectivity index (χ2n) is 8.25. The minimum Gasteiger partial charge on any atom is -0.383 e. The maximum Gasteiger partial charge on any atom is 0.142 e. The molecule has 4 heterocycles. The van der Waals surface area contributed by atoms with Gasteiger partial charge in [0.25, 0.3) is 0 Å². The normalized spacial score (nSPS) is 24.9. The predicted molar refractivity (Wildman–Crippen MR) is 102 cm³/mol. The Morgan fingerprint density at radius 2 is 1.89 bits per heavy atom. The third-order valence-corrected chi connectivity index (χ3v) is 6.80. The van der Waals surface area contributed by atoms with Crippen LogP contribution >= 0.6 is 0 Å². The van der Waals surface area contributed by atoms with Crippen LogP contribution in [0, 0.1) is 25.2 Å². The van der Waals surface area contributed by atoms with Gasteiger partial charge in [-0.2, -0.15) is 5.26 Å². The Bertz CT molecular complexity index is 931. The molecule has 2 bridgehead atoms. The summed E-state index contributed by atoms with van der Waals surface area (Å²) in [7, 11) is 0. The number of nitrogens with zero attached hydrogens (tertiary/aromatic N) is 4. The number of anilines is 1. The molecule has 2 N–H and O–H groups in total. The molecule has 2 fully saturated rings. The van der Waals surface area contributed by atoms with Crippen LogP contribution in [0.4, 0.5) is 5.82 Å². The van der Waals surface area contributed by atoms with Gasteiger partial charge in [0.2, 0.25) is 0 Å². The average Bonchev–Trinajstić information content (AvgIpc) is 3.34. The summed E-state index contributed by atoms with van der Waals surface area (Å²) in [5, 5.41) is 14.0. The summed E-state index contributed by atoms with van der Waals surface area (Å²) < 4.78 is 5.45. The van der Waals surface area contributed by atoms with Gasteiger partial charge < -0.3 is 10.3 Å². The fraction of sp³-hybridized carbons (Fsp3) is 0.571. The van der Waals surface area contributed by atoms with Gasteiger partial charge in [-0.25, -0.2) is 4.98 Å². The molecule has 0 radical (unpaired) electrons. The first-order valence-electron chi connectivity index (χ1n) is 10.0. The van der Waals surface area contributed by atoms with Gasteiger partial charge in [0.05, 0.1) is 5.69 Å². The molecule has 27 heavy (non-hydrogen) atoms. The molecule has 2 aromatic heterocycles. The molecule has 6 heteroatoms. The van der Waals surface area contributed by atoms with Crippen molar-refractivity contribution < 1.29 is 4.52 Å². The van der Waals surface area contributed by atoms with E-state index in [-0.39, 0.29) is 0 Å². The van der Waals surface area contributed by atoms with Crippen molar-refractivity contribution in [3.8, 4) is 17.2 Å². The third kappa shape index (κ3) is 2.34. The number of rotatable bonds is 2. The van der Waals surface area contributed by atoms with Gasteiger partial charge >= 0.3 is 0 Å². The van der Waals surface area contributed by atoms with E-state index in [0.29, 0.717) is 29.5 Å². The SMILES string of the molecule is Cc1noc(C)c1-c1c(C#N)c(N)nc2c1[C@H]1CC[C@@H](C2)N1C1CCCC1. The van der Waals surface area contributed by atoms with Crippen LogP contribution in [0.5, 0.6) is 0 Å². The Morgan fingerprint density at radius 3 is 2.56 bits per heavy atom. The van der Waals surface area contributed by atoms with Crippen molar-refractivity contribution in [1.82, 2.24) is 15.0 Å². The molecule has 1 aliphatic carbocycles. The summed E-state index contributed by atoms with van der Waals surface area (Å²) in [6.45, 7) is 3.85. The lowest BCUT2D eigenvalue weighted by Crippen LogP contribution is -2.44. The van der Waals surface area contributed by atoms with Crippen molar-refractivity contribution in [3.05, 3.63) is 28.3 Å². The molecule has 0 unspecified atom stereocenters. The molecule has 1 saturated heterocycles. The molecule has 0 spiro atoms. The van der Waals surface area contributed by atoms with Crippen molar-refractivity contribution >= 4 is 5.82 Å². The van der Waals surface area contributed by atoms with Crippen LogP contribution in [0.3, 0.4) is 0 Å². The largest absolute Gasteiger partial charge is 0.383 e. The summed E-state index contributed by atoms with van der Waals surface area (Å²) in [6, 6.07) is 3.87. The summed E-state index contributed by atoms with van der Waals surface area (Å²) in [4.78, 5) is 7.44. The lowest BCUT2D eigenvalue weighted by molar-refractivity contribution is 0.116. The Kier molecular flexibility index (Phi) is 3.76. The van der Waals surface area contributed by atoms with E-state index in [1.165, 1.54) is 37.7 Å². The first kappa shape index (κ1) is 16.8. The highest BCUT2D eigenvalue weighted by Gasteiger charge is 2.46. The highest BCUT2D eigenvalue weighted by molar-refractivity contribution is 5.82. The molecule has 5 rings (SSSR count). The smallest absolute Gasteiger partial charge is 0.142 e. The molecule has 2 atom stereocenters. The lowest BCUT2D eigenvalue weighted by atomic mass is 9.85. The van der Waals surface area contributed by atoms with Crippen LogP contribution in [0.2, 0.25) is 0 Å². The monoisotopic (exact) mass is 363 g/mol. The fourth-order valence-corrected chi connectivity index (χ4v) is 5.78. The second-order valence-corrected chi connectivity index (χ2v) is 8.25. The zero-order valence-electron chi connectivity index (χ0n) is 16.0. The Labute approximate surface area is 159 Å². The second kappa shape index (κ2) is 6.07. The number of fused-ring (bicyclic) bond motifs is 4. The molecular formula is C21H25N5O. The average molecular weight is 363 g/mol. The summed E-state index contributed by atoms with van der Waals surface area (Å²) >= 11 is 0. The van der Waals surface area contributed by atoms with E-state index in [1.54, 1.807) is 0 Å². The number of nitrogen functional groups attached to an aromatic ring is 1. The van der Waals surface area contributed by atoms with E-state index < -0.39 is 0 Å².